The average Bonchev–Trinajstić information content (AvgIpc) is 2.18. The van der Waals surface area contributed by atoms with Crippen molar-refractivity contribution in [3.63, 3.8) is 0 Å². The molecule has 0 amide bonds. The smallest absolute Gasteiger partial charge is 0.150 e. The van der Waals surface area contributed by atoms with Crippen LogP contribution >= 0.6 is 11.6 Å². The van der Waals surface area contributed by atoms with Gasteiger partial charge in [0.15, 0.2) is 5.82 Å². The van der Waals surface area contributed by atoms with Crippen LogP contribution in [-0.2, 0) is 0 Å². The molecule has 0 saturated heterocycles. The van der Waals surface area contributed by atoms with Crippen LogP contribution in [0.2, 0.25) is 0 Å². The third-order valence-corrected chi connectivity index (χ3v) is 3.33. The molecule has 0 aromatic carbocycles. The van der Waals surface area contributed by atoms with Crippen LogP contribution in [0.3, 0.4) is 0 Å². The summed E-state index contributed by atoms with van der Waals surface area (Å²) in [5.74, 6) is 1.66. The molecule has 0 unspecified atom stereocenters. The lowest BCUT2D eigenvalue weighted by Crippen LogP contribution is -2.42. The van der Waals surface area contributed by atoms with Crippen molar-refractivity contribution in [3.8, 4) is 0 Å². The monoisotopic (exact) mass is 239 g/mol. The molecule has 1 aliphatic carbocycles. The van der Waals surface area contributed by atoms with Crippen LogP contribution in [0.1, 0.15) is 30.7 Å². The zero-order valence-electron chi connectivity index (χ0n) is 9.91. The molecule has 1 aromatic heterocycles. The Morgan fingerprint density at radius 3 is 2.75 bits per heavy atom. The van der Waals surface area contributed by atoms with Crippen LogP contribution in [0.15, 0.2) is 6.20 Å². The number of anilines is 1. The molecule has 1 heterocycles. The van der Waals surface area contributed by atoms with E-state index < -0.39 is 0 Å². The Labute approximate surface area is 102 Å². The summed E-state index contributed by atoms with van der Waals surface area (Å²) in [6, 6.07) is 0.619. The van der Waals surface area contributed by atoms with Gasteiger partial charge in [-0.15, -0.1) is 11.6 Å². The van der Waals surface area contributed by atoms with Crippen molar-refractivity contribution in [2.24, 2.45) is 0 Å². The fourth-order valence-corrected chi connectivity index (χ4v) is 2.23. The lowest BCUT2D eigenvalue weighted by Gasteiger charge is -2.38. The third-order valence-electron chi connectivity index (χ3n) is 3.16. The molecule has 3 nitrogen and oxygen atoms in total. The minimum absolute atomic E-state index is 0.619. The van der Waals surface area contributed by atoms with Gasteiger partial charge in [-0.1, -0.05) is 0 Å². The average molecular weight is 240 g/mol. The van der Waals surface area contributed by atoms with Crippen LogP contribution < -0.4 is 4.90 Å². The molecule has 1 fully saturated rings. The molecule has 0 atom stereocenters. The van der Waals surface area contributed by atoms with Gasteiger partial charge in [0.1, 0.15) is 0 Å². The van der Waals surface area contributed by atoms with Crippen molar-refractivity contribution in [1.29, 1.82) is 0 Å². The molecule has 0 aliphatic heterocycles. The summed E-state index contributed by atoms with van der Waals surface area (Å²) in [6.45, 7) is 4.86. The molecule has 0 bridgehead atoms. The van der Waals surface area contributed by atoms with Crippen molar-refractivity contribution < 1.29 is 0 Å². The molecule has 0 spiro atoms. The maximum Gasteiger partial charge on any atom is 0.150 e. The van der Waals surface area contributed by atoms with Gasteiger partial charge in [0.05, 0.1) is 11.4 Å². The molecule has 88 valence electrons. The van der Waals surface area contributed by atoms with Gasteiger partial charge in [0, 0.05) is 24.7 Å². The summed E-state index contributed by atoms with van der Waals surface area (Å²) >= 11 is 5.87. The highest BCUT2D eigenvalue weighted by Crippen LogP contribution is 2.29. The van der Waals surface area contributed by atoms with E-state index in [2.05, 4.69) is 14.9 Å². The Morgan fingerprint density at radius 2 is 2.19 bits per heavy atom. The first-order valence-electron chi connectivity index (χ1n) is 5.85. The highest BCUT2D eigenvalue weighted by atomic mass is 35.5. The second-order valence-electron chi connectivity index (χ2n) is 4.39. The van der Waals surface area contributed by atoms with Gasteiger partial charge in [0.25, 0.3) is 0 Å². The van der Waals surface area contributed by atoms with E-state index in [0.717, 1.165) is 23.8 Å². The van der Waals surface area contributed by atoms with Crippen LogP contribution in [0.5, 0.6) is 0 Å². The van der Waals surface area contributed by atoms with E-state index in [-0.39, 0.29) is 0 Å². The maximum absolute atomic E-state index is 5.87. The standard InChI is InChI=1S/C12H18ClN3/c1-9-8-14-10(2)12(15-9)16(7-6-13)11-4-3-5-11/h8,11H,3-7H2,1-2H3. The van der Waals surface area contributed by atoms with Crippen molar-refractivity contribution in [3.05, 3.63) is 17.6 Å². The van der Waals surface area contributed by atoms with E-state index in [1.165, 1.54) is 19.3 Å². The lowest BCUT2D eigenvalue weighted by atomic mass is 9.91. The number of aromatic nitrogens is 2. The van der Waals surface area contributed by atoms with Crippen molar-refractivity contribution in [2.75, 3.05) is 17.3 Å². The summed E-state index contributed by atoms with van der Waals surface area (Å²) in [7, 11) is 0. The summed E-state index contributed by atoms with van der Waals surface area (Å²) in [4.78, 5) is 11.3. The second-order valence-corrected chi connectivity index (χ2v) is 4.77. The van der Waals surface area contributed by atoms with Gasteiger partial charge < -0.3 is 4.90 Å². The highest BCUT2D eigenvalue weighted by Gasteiger charge is 2.26. The summed E-state index contributed by atoms with van der Waals surface area (Å²) in [5, 5.41) is 0. The minimum atomic E-state index is 0.619. The van der Waals surface area contributed by atoms with Gasteiger partial charge >= 0.3 is 0 Å². The van der Waals surface area contributed by atoms with E-state index in [0.29, 0.717) is 11.9 Å². The molecule has 0 N–H and O–H groups in total. The van der Waals surface area contributed by atoms with E-state index in [4.69, 9.17) is 11.6 Å². The number of rotatable bonds is 4. The number of hydrogen-bond acceptors (Lipinski definition) is 3. The van der Waals surface area contributed by atoms with Gasteiger partial charge in [-0.3, -0.25) is 4.98 Å². The Balaban J connectivity index is 2.25. The predicted molar refractivity (Wildman–Crippen MR) is 67.2 cm³/mol. The summed E-state index contributed by atoms with van der Waals surface area (Å²) < 4.78 is 0. The molecule has 2 rings (SSSR count). The van der Waals surface area contributed by atoms with Crippen molar-refractivity contribution >= 4 is 17.4 Å². The van der Waals surface area contributed by atoms with E-state index in [1.54, 1.807) is 0 Å². The molecular formula is C12H18ClN3. The van der Waals surface area contributed by atoms with Crippen LogP contribution in [-0.4, -0.2) is 28.4 Å². The molecule has 4 heteroatoms. The van der Waals surface area contributed by atoms with E-state index in [1.807, 2.05) is 20.0 Å². The molecule has 1 aromatic rings. The SMILES string of the molecule is Cc1cnc(C)c(N(CCCl)C2CCC2)n1. The zero-order chi connectivity index (χ0) is 11.5. The maximum atomic E-state index is 5.87. The fourth-order valence-electron chi connectivity index (χ4n) is 2.05. The first-order valence-corrected chi connectivity index (χ1v) is 6.38. The highest BCUT2D eigenvalue weighted by molar-refractivity contribution is 6.18. The fraction of sp³-hybridized carbons (Fsp3) is 0.667. The van der Waals surface area contributed by atoms with Crippen LogP contribution in [0.4, 0.5) is 5.82 Å². The number of halogens is 1. The number of aryl methyl sites for hydroxylation is 2. The molecule has 1 saturated carbocycles. The lowest BCUT2D eigenvalue weighted by molar-refractivity contribution is 0.388. The number of hydrogen-bond donors (Lipinski definition) is 0. The third kappa shape index (κ3) is 2.29. The van der Waals surface area contributed by atoms with E-state index >= 15 is 0 Å². The largest absolute Gasteiger partial charge is 0.351 e. The molecule has 1 aliphatic rings. The Kier molecular flexibility index (Phi) is 3.64. The number of nitrogens with zero attached hydrogens (tertiary/aromatic N) is 3. The second kappa shape index (κ2) is 5.00. The predicted octanol–water partition coefficient (Wildman–Crippen LogP) is 2.69. The first kappa shape index (κ1) is 11.6. The number of alkyl halides is 1. The first-order chi connectivity index (χ1) is 7.72. The summed E-state index contributed by atoms with van der Waals surface area (Å²) in [6.07, 6.45) is 5.65. The van der Waals surface area contributed by atoms with Gasteiger partial charge in [0.2, 0.25) is 0 Å². The van der Waals surface area contributed by atoms with Crippen LogP contribution in [0.25, 0.3) is 0 Å². The van der Waals surface area contributed by atoms with Crippen molar-refractivity contribution in [1.82, 2.24) is 9.97 Å². The van der Waals surface area contributed by atoms with Gasteiger partial charge in [-0.05, 0) is 33.1 Å². The zero-order valence-corrected chi connectivity index (χ0v) is 10.7. The Bertz CT molecular complexity index is 363. The molecule has 0 radical (unpaired) electrons. The van der Waals surface area contributed by atoms with Gasteiger partial charge in [-0.25, -0.2) is 4.98 Å². The van der Waals surface area contributed by atoms with Gasteiger partial charge in [-0.2, -0.15) is 0 Å². The summed E-state index contributed by atoms with van der Waals surface area (Å²) in [5.41, 5.74) is 1.97. The minimum Gasteiger partial charge on any atom is -0.351 e. The molecule has 16 heavy (non-hydrogen) atoms. The van der Waals surface area contributed by atoms with Crippen LogP contribution in [0, 0.1) is 13.8 Å². The normalized spacial score (nSPS) is 15.9. The topological polar surface area (TPSA) is 29.0 Å². The Hall–Kier alpha value is -0.830. The van der Waals surface area contributed by atoms with Crippen molar-refractivity contribution in [2.45, 2.75) is 39.2 Å². The Morgan fingerprint density at radius 1 is 1.44 bits per heavy atom. The van der Waals surface area contributed by atoms with E-state index in [9.17, 15) is 0 Å². The quantitative estimate of drug-likeness (QED) is 0.757. The molecular weight excluding hydrogens is 222 g/mol.